The molecule has 3 N–H and O–H groups in total. The zero-order valence-electron chi connectivity index (χ0n) is 20.3. The highest BCUT2D eigenvalue weighted by atomic mass is 16.3. The molecular weight excluding hydrogens is 442 g/mol. The van der Waals surface area contributed by atoms with E-state index in [1.807, 2.05) is 91.2 Å². The summed E-state index contributed by atoms with van der Waals surface area (Å²) in [5.74, 6) is -0.826. The summed E-state index contributed by atoms with van der Waals surface area (Å²) < 4.78 is 1.97. The quantitative estimate of drug-likeness (QED) is 0.361. The van der Waals surface area contributed by atoms with E-state index in [-0.39, 0.29) is 0 Å². The van der Waals surface area contributed by atoms with Crippen LogP contribution in [0.1, 0.15) is 11.1 Å². The van der Waals surface area contributed by atoms with Crippen molar-refractivity contribution in [1.29, 1.82) is 0 Å². The number of fused-ring (bicyclic) bond motifs is 2. The summed E-state index contributed by atoms with van der Waals surface area (Å²) in [6, 6.07) is 13.7. The summed E-state index contributed by atoms with van der Waals surface area (Å²) in [4.78, 5) is 33.3. The molecule has 0 radical (unpaired) electrons. The highest BCUT2D eigenvalue weighted by Crippen LogP contribution is 2.39. The molecule has 0 bridgehead atoms. The monoisotopic (exact) mass is 471 g/mol. The van der Waals surface area contributed by atoms with Crippen LogP contribution < -0.4 is 10.2 Å². The van der Waals surface area contributed by atoms with E-state index in [2.05, 4.69) is 10.3 Å². The fourth-order valence-corrected chi connectivity index (χ4v) is 4.86. The Kier molecular flexibility index (Phi) is 5.70. The molecule has 8 nitrogen and oxygen atoms in total. The van der Waals surface area contributed by atoms with Gasteiger partial charge >= 0.3 is 0 Å². The Hall–Kier alpha value is -3.88. The van der Waals surface area contributed by atoms with Gasteiger partial charge in [-0.1, -0.05) is 24.3 Å². The fraction of sp³-hybridized carbons (Fsp3) is 0.259. The first kappa shape index (κ1) is 22.9. The van der Waals surface area contributed by atoms with Crippen molar-refractivity contribution >= 4 is 50.5 Å². The number of para-hydroxylation sites is 1. The molecule has 1 atom stereocenters. The van der Waals surface area contributed by atoms with E-state index in [1.54, 1.807) is 6.20 Å². The van der Waals surface area contributed by atoms with E-state index in [0.29, 0.717) is 35.4 Å². The number of imide groups is 1. The van der Waals surface area contributed by atoms with E-state index in [0.717, 1.165) is 27.5 Å². The number of hydrogen-bond acceptors (Lipinski definition) is 5. The molecule has 35 heavy (non-hydrogen) atoms. The first-order valence-corrected chi connectivity index (χ1v) is 11.5. The number of hydrogen-bond donors (Lipinski definition) is 3. The van der Waals surface area contributed by atoms with Crippen LogP contribution in [0.5, 0.6) is 0 Å². The number of aliphatic hydroxyl groups excluding tert-OH is 1. The number of nitrogens with one attached hydrogen (secondary N) is 2. The molecule has 5 rings (SSSR count). The van der Waals surface area contributed by atoms with E-state index in [4.69, 9.17) is 0 Å². The summed E-state index contributed by atoms with van der Waals surface area (Å²) in [6.45, 7) is 0.863. The summed E-state index contributed by atoms with van der Waals surface area (Å²) in [5.41, 5.74) is 4.86. The van der Waals surface area contributed by atoms with Crippen LogP contribution >= 0.6 is 0 Å². The number of aliphatic hydroxyl groups is 1. The molecule has 1 unspecified atom stereocenters. The van der Waals surface area contributed by atoms with Gasteiger partial charge in [-0.2, -0.15) is 0 Å². The third-order valence-corrected chi connectivity index (χ3v) is 6.42. The Bertz CT molecular complexity index is 1490. The van der Waals surface area contributed by atoms with Gasteiger partial charge in [-0.25, -0.2) is 0 Å². The minimum Gasteiger partial charge on any atom is -0.390 e. The van der Waals surface area contributed by atoms with Gasteiger partial charge in [0.2, 0.25) is 0 Å². The van der Waals surface area contributed by atoms with Gasteiger partial charge in [0.25, 0.3) is 11.8 Å². The highest BCUT2D eigenvalue weighted by Gasteiger charge is 2.35. The van der Waals surface area contributed by atoms with Crippen LogP contribution in [-0.2, 0) is 16.1 Å². The van der Waals surface area contributed by atoms with Crippen molar-refractivity contribution in [3.63, 3.8) is 0 Å². The zero-order valence-corrected chi connectivity index (χ0v) is 20.3. The van der Waals surface area contributed by atoms with Gasteiger partial charge in [-0.3, -0.25) is 14.9 Å². The molecule has 1 aliphatic rings. The SMILES string of the molecule is CN(C)CC(O)Cn1cc(C2=C(c3c[nH]c4ccccc34)C(=O)NC2=O)c2ccc(N(C)C)cc21. The number of anilines is 1. The van der Waals surface area contributed by atoms with Crippen LogP contribution in [0.3, 0.4) is 0 Å². The molecular formula is C27H29N5O3. The molecule has 180 valence electrons. The second-order valence-electron chi connectivity index (χ2n) is 9.49. The van der Waals surface area contributed by atoms with Gasteiger partial charge < -0.3 is 24.5 Å². The number of amides is 2. The second kappa shape index (κ2) is 8.72. The summed E-state index contributed by atoms with van der Waals surface area (Å²) in [6.07, 6.45) is 3.06. The molecule has 3 heterocycles. The number of H-pyrrole nitrogens is 1. The van der Waals surface area contributed by atoms with Gasteiger partial charge in [-0.15, -0.1) is 0 Å². The lowest BCUT2D eigenvalue weighted by Gasteiger charge is -2.18. The number of benzene rings is 2. The minimum atomic E-state index is -0.599. The number of carbonyl (C=O) groups is 2. The third-order valence-electron chi connectivity index (χ3n) is 6.42. The largest absolute Gasteiger partial charge is 0.390 e. The van der Waals surface area contributed by atoms with Crippen LogP contribution in [0.15, 0.2) is 54.9 Å². The standard InChI is InChI=1S/C27H29N5O3/c1-30(2)13-17(33)14-32-15-21(19-10-9-16(31(3)4)11-23(19)32)25-24(26(34)29-27(25)35)20-12-28-22-8-6-5-7-18(20)22/h5-12,15,17,28,33H,13-14H2,1-4H3,(H,29,34,35). The van der Waals surface area contributed by atoms with E-state index < -0.39 is 17.9 Å². The maximum atomic E-state index is 13.1. The Balaban J connectivity index is 1.74. The van der Waals surface area contributed by atoms with Crippen LogP contribution in [-0.4, -0.2) is 72.2 Å². The van der Waals surface area contributed by atoms with Crippen molar-refractivity contribution in [1.82, 2.24) is 19.8 Å². The molecule has 1 aliphatic heterocycles. The smallest absolute Gasteiger partial charge is 0.259 e. The molecule has 0 spiro atoms. The van der Waals surface area contributed by atoms with Gasteiger partial charge in [0.15, 0.2) is 0 Å². The minimum absolute atomic E-state index is 0.350. The lowest BCUT2D eigenvalue weighted by atomic mass is 9.95. The topological polar surface area (TPSA) is 93.6 Å². The maximum Gasteiger partial charge on any atom is 0.259 e. The molecule has 2 amide bonds. The van der Waals surface area contributed by atoms with Crippen LogP contribution in [0.25, 0.3) is 33.0 Å². The van der Waals surface area contributed by atoms with Crippen LogP contribution in [0.4, 0.5) is 5.69 Å². The number of rotatable bonds is 7. The van der Waals surface area contributed by atoms with Crippen molar-refractivity contribution in [2.24, 2.45) is 0 Å². The predicted molar refractivity (Wildman–Crippen MR) is 139 cm³/mol. The lowest BCUT2D eigenvalue weighted by Crippen LogP contribution is -2.29. The van der Waals surface area contributed by atoms with Crippen molar-refractivity contribution in [3.8, 4) is 0 Å². The maximum absolute atomic E-state index is 13.1. The molecule has 2 aromatic carbocycles. The molecule has 0 saturated heterocycles. The summed E-state index contributed by atoms with van der Waals surface area (Å²) in [5, 5.41) is 14.9. The summed E-state index contributed by atoms with van der Waals surface area (Å²) >= 11 is 0. The molecule has 0 saturated carbocycles. The Morgan fingerprint density at radius 1 is 0.943 bits per heavy atom. The third kappa shape index (κ3) is 4.00. The van der Waals surface area contributed by atoms with Crippen molar-refractivity contribution in [2.75, 3.05) is 39.6 Å². The van der Waals surface area contributed by atoms with Crippen LogP contribution in [0.2, 0.25) is 0 Å². The number of nitrogens with zero attached hydrogens (tertiary/aromatic N) is 3. The van der Waals surface area contributed by atoms with Gasteiger partial charge in [-0.05, 0) is 32.3 Å². The van der Waals surface area contributed by atoms with Crippen molar-refractivity contribution in [2.45, 2.75) is 12.6 Å². The molecule has 2 aromatic heterocycles. The highest BCUT2D eigenvalue weighted by molar-refractivity contribution is 6.50. The summed E-state index contributed by atoms with van der Waals surface area (Å²) in [7, 11) is 7.77. The van der Waals surface area contributed by atoms with Crippen molar-refractivity contribution < 1.29 is 14.7 Å². The second-order valence-corrected chi connectivity index (χ2v) is 9.49. The number of likely N-dealkylation sites (N-methyl/N-ethyl adjacent to an activating group) is 1. The lowest BCUT2D eigenvalue weighted by molar-refractivity contribution is -0.122. The molecule has 0 aliphatic carbocycles. The van der Waals surface area contributed by atoms with Gasteiger partial charge in [0.1, 0.15) is 0 Å². The zero-order chi connectivity index (χ0) is 24.9. The average Bonchev–Trinajstić information content (AvgIpc) is 3.46. The number of aromatic amines is 1. The molecule has 4 aromatic rings. The van der Waals surface area contributed by atoms with E-state index in [9.17, 15) is 14.7 Å². The van der Waals surface area contributed by atoms with Gasteiger partial charge in [0, 0.05) is 72.7 Å². The first-order chi connectivity index (χ1) is 16.7. The van der Waals surface area contributed by atoms with Gasteiger partial charge in [0.05, 0.1) is 22.8 Å². The molecule has 0 fully saturated rings. The predicted octanol–water partition coefficient (Wildman–Crippen LogP) is 2.68. The number of carbonyl (C=O) groups excluding carboxylic acids is 2. The normalized spacial score (nSPS) is 15.0. The van der Waals surface area contributed by atoms with Crippen molar-refractivity contribution in [3.05, 3.63) is 66.0 Å². The van der Waals surface area contributed by atoms with E-state index >= 15 is 0 Å². The fourth-order valence-electron chi connectivity index (χ4n) is 4.86. The average molecular weight is 472 g/mol. The Morgan fingerprint density at radius 2 is 1.66 bits per heavy atom. The van der Waals surface area contributed by atoms with Crippen LogP contribution in [0, 0.1) is 0 Å². The van der Waals surface area contributed by atoms with E-state index in [1.165, 1.54) is 0 Å². The first-order valence-electron chi connectivity index (χ1n) is 11.5. The Labute approximate surface area is 203 Å². The Morgan fingerprint density at radius 3 is 2.37 bits per heavy atom. The molecule has 8 heteroatoms. The number of aromatic nitrogens is 2.